The number of quaternary nitrogens is 1. The molecule has 0 bridgehead atoms. The summed E-state index contributed by atoms with van der Waals surface area (Å²) < 4.78 is 1.12. The van der Waals surface area contributed by atoms with E-state index in [9.17, 15) is 0 Å². The third kappa shape index (κ3) is 7.17. The lowest BCUT2D eigenvalue weighted by Crippen LogP contribution is -3.00. The number of hydrogen-bond donors (Lipinski definition) is 0. The van der Waals surface area contributed by atoms with E-state index in [1.165, 1.54) is 70.0 Å². The minimum Gasteiger partial charge on any atom is -1.00 e. The average Bonchev–Trinajstić information content (AvgIpc) is 2.73. The molecular formula is C17H32ClN. The first-order valence-corrected chi connectivity index (χ1v) is 7.97. The molecule has 0 radical (unpaired) electrons. The number of rotatable bonds is 10. The summed E-state index contributed by atoms with van der Waals surface area (Å²) in [6.45, 7) is 9.40. The molecule has 0 N–H and O–H groups in total. The Labute approximate surface area is 126 Å². The van der Waals surface area contributed by atoms with Gasteiger partial charge in [-0.3, -0.25) is 4.48 Å². The van der Waals surface area contributed by atoms with E-state index in [1.54, 1.807) is 0 Å². The zero-order valence-electron chi connectivity index (χ0n) is 13.1. The van der Waals surface area contributed by atoms with E-state index in [1.807, 2.05) is 0 Å². The predicted molar refractivity (Wildman–Crippen MR) is 81.2 cm³/mol. The van der Waals surface area contributed by atoms with Gasteiger partial charge in [0.2, 0.25) is 0 Å². The minimum absolute atomic E-state index is 0. The summed E-state index contributed by atoms with van der Waals surface area (Å²) in [5.74, 6) is 0. The summed E-state index contributed by atoms with van der Waals surface area (Å²) in [7, 11) is 0. The largest absolute Gasteiger partial charge is 1.00 e. The van der Waals surface area contributed by atoms with Crippen LogP contribution in [0, 0.1) is 0 Å². The van der Waals surface area contributed by atoms with Crippen molar-refractivity contribution >= 4 is 0 Å². The second-order valence-corrected chi connectivity index (χ2v) is 5.86. The third-order valence-corrected chi connectivity index (χ3v) is 3.95. The smallest absolute Gasteiger partial charge is 0.104 e. The molecule has 0 aliphatic carbocycles. The molecule has 1 nitrogen and oxygen atoms in total. The SMILES string of the molecule is CCCCCCCC[N+]1(CCCC)C=CC(C)=C1.[Cl-]. The highest BCUT2D eigenvalue weighted by molar-refractivity contribution is 5.16. The predicted octanol–water partition coefficient (Wildman–Crippen LogP) is 2.40. The van der Waals surface area contributed by atoms with Crippen LogP contribution in [-0.4, -0.2) is 17.6 Å². The van der Waals surface area contributed by atoms with Gasteiger partial charge in [0.05, 0.1) is 13.1 Å². The molecule has 0 aromatic carbocycles. The van der Waals surface area contributed by atoms with Gasteiger partial charge in [-0.25, -0.2) is 0 Å². The summed E-state index contributed by atoms with van der Waals surface area (Å²) in [5.41, 5.74) is 1.44. The molecule has 0 saturated heterocycles. The molecular weight excluding hydrogens is 254 g/mol. The van der Waals surface area contributed by atoms with Gasteiger partial charge >= 0.3 is 0 Å². The summed E-state index contributed by atoms with van der Waals surface area (Å²) >= 11 is 0. The number of hydrogen-bond acceptors (Lipinski definition) is 0. The van der Waals surface area contributed by atoms with Gasteiger partial charge in [0.1, 0.15) is 12.4 Å². The lowest BCUT2D eigenvalue weighted by molar-refractivity contribution is -0.826. The Bertz CT molecular complexity index is 283. The van der Waals surface area contributed by atoms with E-state index in [0.29, 0.717) is 0 Å². The van der Waals surface area contributed by atoms with Gasteiger partial charge < -0.3 is 12.4 Å². The fourth-order valence-corrected chi connectivity index (χ4v) is 2.79. The molecule has 0 spiro atoms. The van der Waals surface area contributed by atoms with Crippen LogP contribution in [-0.2, 0) is 0 Å². The van der Waals surface area contributed by atoms with Crippen LogP contribution in [0.2, 0.25) is 0 Å². The number of nitrogens with zero attached hydrogens (tertiary/aromatic N) is 1. The van der Waals surface area contributed by atoms with Crippen molar-refractivity contribution in [3.8, 4) is 0 Å². The summed E-state index contributed by atoms with van der Waals surface area (Å²) in [6.07, 6.45) is 18.2. The normalized spacial score (nSPS) is 21.3. The first-order valence-electron chi connectivity index (χ1n) is 7.97. The molecule has 19 heavy (non-hydrogen) atoms. The first-order chi connectivity index (χ1) is 8.72. The van der Waals surface area contributed by atoms with E-state index in [4.69, 9.17) is 0 Å². The topological polar surface area (TPSA) is 0 Å². The fourth-order valence-electron chi connectivity index (χ4n) is 2.79. The second-order valence-electron chi connectivity index (χ2n) is 5.86. The zero-order valence-corrected chi connectivity index (χ0v) is 13.9. The van der Waals surface area contributed by atoms with Crippen molar-refractivity contribution in [1.29, 1.82) is 0 Å². The van der Waals surface area contributed by atoms with Gasteiger partial charge in [0.15, 0.2) is 0 Å². The van der Waals surface area contributed by atoms with Crippen LogP contribution in [0.1, 0.15) is 72.1 Å². The van der Waals surface area contributed by atoms with Crippen LogP contribution < -0.4 is 12.4 Å². The van der Waals surface area contributed by atoms with Crippen LogP contribution in [0.4, 0.5) is 0 Å². The maximum Gasteiger partial charge on any atom is 0.104 e. The summed E-state index contributed by atoms with van der Waals surface area (Å²) in [6, 6.07) is 0. The molecule has 1 unspecified atom stereocenters. The zero-order chi connectivity index (χ0) is 13.3. The lowest BCUT2D eigenvalue weighted by Gasteiger charge is -2.29. The van der Waals surface area contributed by atoms with Gasteiger partial charge in [-0.2, -0.15) is 0 Å². The van der Waals surface area contributed by atoms with Gasteiger partial charge in [-0.1, -0.05) is 46.0 Å². The first kappa shape index (κ1) is 18.7. The maximum atomic E-state index is 2.46. The molecule has 0 amide bonds. The molecule has 0 aromatic rings. The Morgan fingerprint density at radius 3 is 2.00 bits per heavy atom. The van der Waals surface area contributed by atoms with Crippen LogP contribution in [0.25, 0.3) is 0 Å². The molecule has 1 heterocycles. The van der Waals surface area contributed by atoms with Crippen molar-refractivity contribution in [3.63, 3.8) is 0 Å². The van der Waals surface area contributed by atoms with Crippen molar-refractivity contribution in [2.24, 2.45) is 0 Å². The third-order valence-electron chi connectivity index (χ3n) is 3.95. The van der Waals surface area contributed by atoms with Crippen molar-refractivity contribution in [2.75, 3.05) is 13.1 Å². The summed E-state index contributed by atoms with van der Waals surface area (Å²) in [5, 5.41) is 0. The van der Waals surface area contributed by atoms with E-state index in [0.717, 1.165) is 4.48 Å². The summed E-state index contributed by atoms with van der Waals surface area (Å²) in [4.78, 5) is 0. The Kier molecular flexibility index (Phi) is 10.4. The van der Waals surface area contributed by atoms with Crippen LogP contribution in [0.15, 0.2) is 24.0 Å². The molecule has 0 fully saturated rings. The molecule has 0 saturated carbocycles. The highest BCUT2D eigenvalue weighted by Crippen LogP contribution is 2.23. The van der Waals surface area contributed by atoms with Gasteiger partial charge in [0.25, 0.3) is 0 Å². The van der Waals surface area contributed by atoms with E-state index in [-0.39, 0.29) is 12.4 Å². The highest BCUT2D eigenvalue weighted by atomic mass is 35.5. The van der Waals surface area contributed by atoms with Gasteiger partial charge in [-0.05, 0) is 32.3 Å². The Morgan fingerprint density at radius 2 is 1.42 bits per heavy atom. The van der Waals surface area contributed by atoms with Crippen LogP contribution in [0.5, 0.6) is 0 Å². The number of halogens is 1. The lowest BCUT2D eigenvalue weighted by atomic mass is 10.1. The molecule has 2 heteroatoms. The Balaban J connectivity index is 0.00000324. The minimum atomic E-state index is 0. The van der Waals surface area contributed by atoms with Crippen molar-refractivity contribution < 1.29 is 16.9 Å². The van der Waals surface area contributed by atoms with E-state index in [2.05, 4.69) is 39.2 Å². The molecule has 1 atom stereocenters. The Hall–Kier alpha value is -0.270. The molecule has 112 valence electrons. The molecule has 0 aromatic heterocycles. The van der Waals surface area contributed by atoms with Crippen molar-refractivity contribution in [2.45, 2.75) is 72.1 Å². The number of allylic oxidation sites excluding steroid dienone is 2. The van der Waals surface area contributed by atoms with Gasteiger partial charge in [-0.15, -0.1) is 0 Å². The van der Waals surface area contributed by atoms with E-state index >= 15 is 0 Å². The Morgan fingerprint density at radius 1 is 0.842 bits per heavy atom. The average molecular weight is 286 g/mol. The maximum absolute atomic E-state index is 2.46. The second kappa shape index (κ2) is 10.5. The van der Waals surface area contributed by atoms with Crippen LogP contribution in [0.3, 0.4) is 0 Å². The van der Waals surface area contributed by atoms with Crippen molar-refractivity contribution in [1.82, 2.24) is 0 Å². The monoisotopic (exact) mass is 285 g/mol. The van der Waals surface area contributed by atoms with Crippen molar-refractivity contribution in [3.05, 3.63) is 24.0 Å². The van der Waals surface area contributed by atoms with Crippen LogP contribution >= 0.6 is 0 Å². The fraction of sp³-hybridized carbons (Fsp3) is 0.765. The molecule has 1 aliphatic heterocycles. The molecule has 1 aliphatic rings. The standard InChI is InChI=1S/C17H32N.ClH/c1-4-6-8-9-10-11-14-18(13-7-5-2)15-12-17(3)16-18;/h12,15-16H,4-11,13-14H2,1-3H3;1H/q+1;/p-1. The number of unbranched alkanes of at least 4 members (excludes halogenated alkanes) is 6. The quantitative estimate of drug-likeness (QED) is 0.427. The highest BCUT2D eigenvalue weighted by Gasteiger charge is 2.25. The van der Waals surface area contributed by atoms with E-state index < -0.39 is 0 Å². The molecule has 1 rings (SSSR count). The van der Waals surface area contributed by atoms with Gasteiger partial charge in [0, 0.05) is 5.57 Å².